The van der Waals surface area contributed by atoms with E-state index in [0.29, 0.717) is 11.5 Å². The Labute approximate surface area is 91.5 Å². The van der Waals surface area contributed by atoms with Crippen LogP contribution >= 0.6 is 11.3 Å². The van der Waals surface area contributed by atoms with E-state index in [0.717, 1.165) is 0 Å². The van der Waals surface area contributed by atoms with Gasteiger partial charge in [0.2, 0.25) is 0 Å². The average Bonchev–Trinajstić information content (AvgIpc) is 2.53. The second-order valence-corrected chi connectivity index (χ2v) is 5.83. The molecule has 1 rings (SSSR count). The third-order valence-electron chi connectivity index (χ3n) is 3.03. The minimum atomic E-state index is 0.325. The number of hydrogen-bond acceptors (Lipinski definition) is 2. The Morgan fingerprint density at radius 2 is 2.07 bits per heavy atom. The minimum absolute atomic E-state index is 0.325. The molecule has 2 heteroatoms. The predicted octanol–water partition coefficient (Wildman–Crippen LogP) is 3.75. The van der Waals surface area contributed by atoms with Gasteiger partial charge in [-0.1, -0.05) is 20.8 Å². The summed E-state index contributed by atoms with van der Waals surface area (Å²) < 4.78 is 0. The van der Waals surface area contributed by atoms with Crippen molar-refractivity contribution in [3.63, 3.8) is 0 Å². The van der Waals surface area contributed by atoms with Crippen LogP contribution in [0.25, 0.3) is 0 Å². The first kappa shape index (κ1) is 11.7. The van der Waals surface area contributed by atoms with Gasteiger partial charge < -0.3 is 5.32 Å². The van der Waals surface area contributed by atoms with Crippen LogP contribution < -0.4 is 5.32 Å². The number of aryl methyl sites for hydroxylation is 1. The van der Waals surface area contributed by atoms with Crippen LogP contribution in [-0.4, -0.2) is 7.05 Å². The standard InChI is InChI=1S/C12H21NS/c1-6-12(3,4)11(13-5)10-8-7-9(2)14-10/h7-8,11,13H,6H2,1-5H3. The Hall–Kier alpha value is -0.340. The predicted molar refractivity (Wildman–Crippen MR) is 64.9 cm³/mol. The van der Waals surface area contributed by atoms with Gasteiger partial charge in [0, 0.05) is 15.8 Å². The topological polar surface area (TPSA) is 12.0 Å². The maximum atomic E-state index is 3.43. The number of rotatable bonds is 4. The van der Waals surface area contributed by atoms with Crippen LogP contribution in [0.1, 0.15) is 43.0 Å². The van der Waals surface area contributed by atoms with Gasteiger partial charge in [0.05, 0.1) is 0 Å². The first-order valence-electron chi connectivity index (χ1n) is 5.25. The van der Waals surface area contributed by atoms with E-state index in [1.807, 2.05) is 11.3 Å². The lowest BCUT2D eigenvalue weighted by molar-refractivity contribution is 0.249. The molecule has 14 heavy (non-hydrogen) atoms. The van der Waals surface area contributed by atoms with Gasteiger partial charge in [-0.15, -0.1) is 11.3 Å². The molecule has 0 saturated carbocycles. The summed E-state index contributed by atoms with van der Waals surface area (Å²) in [4.78, 5) is 2.85. The molecular formula is C12H21NS. The first-order chi connectivity index (χ1) is 6.51. The number of hydrogen-bond donors (Lipinski definition) is 1. The molecule has 0 bridgehead atoms. The van der Waals surface area contributed by atoms with Gasteiger partial charge >= 0.3 is 0 Å². The van der Waals surface area contributed by atoms with Crippen molar-refractivity contribution in [2.24, 2.45) is 5.41 Å². The molecule has 1 aromatic heterocycles. The van der Waals surface area contributed by atoms with Crippen molar-refractivity contribution in [2.75, 3.05) is 7.05 Å². The Balaban J connectivity index is 2.92. The van der Waals surface area contributed by atoms with E-state index in [4.69, 9.17) is 0 Å². The van der Waals surface area contributed by atoms with Crippen molar-refractivity contribution in [1.29, 1.82) is 0 Å². The molecule has 0 aliphatic carbocycles. The van der Waals surface area contributed by atoms with Gasteiger partial charge in [-0.2, -0.15) is 0 Å². The fourth-order valence-corrected chi connectivity index (χ4v) is 2.93. The Bertz CT molecular complexity index is 288. The molecule has 1 N–H and O–H groups in total. The zero-order valence-corrected chi connectivity index (χ0v) is 10.7. The summed E-state index contributed by atoms with van der Waals surface area (Å²) in [7, 11) is 2.05. The molecule has 0 aromatic carbocycles. The van der Waals surface area contributed by atoms with Gasteiger partial charge in [0.15, 0.2) is 0 Å². The van der Waals surface area contributed by atoms with E-state index in [-0.39, 0.29) is 0 Å². The molecule has 0 fully saturated rings. The van der Waals surface area contributed by atoms with Crippen molar-refractivity contribution in [1.82, 2.24) is 5.32 Å². The monoisotopic (exact) mass is 211 g/mol. The van der Waals surface area contributed by atoms with E-state index in [2.05, 4.69) is 52.2 Å². The molecular weight excluding hydrogens is 190 g/mol. The Morgan fingerprint density at radius 1 is 1.43 bits per heavy atom. The molecule has 1 unspecified atom stereocenters. The molecule has 1 nitrogen and oxygen atoms in total. The average molecular weight is 211 g/mol. The minimum Gasteiger partial charge on any atom is -0.312 e. The van der Waals surface area contributed by atoms with E-state index in [1.165, 1.54) is 16.2 Å². The van der Waals surface area contributed by atoms with Crippen LogP contribution in [0.15, 0.2) is 12.1 Å². The van der Waals surface area contributed by atoms with Crippen LogP contribution in [-0.2, 0) is 0 Å². The smallest absolute Gasteiger partial charge is 0.0464 e. The highest BCUT2D eigenvalue weighted by Crippen LogP contribution is 2.38. The molecule has 0 saturated heterocycles. The van der Waals surface area contributed by atoms with Gasteiger partial charge in [0.1, 0.15) is 0 Å². The Kier molecular flexibility index (Phi) is 3.73. The van der Waals surface area contributed by atoms with E-state index >= 15 is 0 Å². The zero-order chi connectivity index (χ0) is 10.8. The normalized spacial score (nSPS) is 14.4. The number of nitrogens with one attached hydrogen (secondary N) is 1. The quantitative estimate of drug-likeness (QED) is 0.799. The van der Waals surface area contributed by atoms with Crippen molar-refractivity contribution in [3.05, 3.63) is 21.9 Å². The zero-order valence-electron chi connectivity index (χ0n) is 9.85. The summed E-state index contributed by atoms with van der Waals surface area (Å²) in [6, 6.07) is 4.93. The molecule has 80 valence electrons. The third kappa shape index (κ3) is 2.37. The second-order valence-electron chi connectivity index (χ2n) is 4.51. The van der Waals surface area contributed by atoms with Crippen molar-refractivity contribution < 1.29 is 0 Å². The van der Waals surface area contributed by atoms with Crippen LogP contribution in [0.4, 0.5) is 0 Å². The van der Waals surface area contributed by atoms with Gasteiger partial charge in [-0.3, -0.25) is 0 Å². The lowest BCUT2D eigenvalue weighted by Gasteiger charge is -2.32. The van der Waals surface area contributed by atoms with Gasteiger partial charge in [-0.25, -0.2) is 0 Å². The highest BCUT2D eigenvalue weighted by Gasteiger charge is 2.28. The van der Waals surface area contributed by atoms with Crippen LogP contribution in [0, 0.1) is 12.3 Å². The van der Waals surface area contributed by atoms with Crippen molar-refractivity contribution >= 4 is 11.3 Å². The number of thiophene rings is 1. The summed E-state index contributed by atoms with van der Waals surface area (Å²) >= 11 is 1.90. The first-order valence-corrected chi connectivity index (χ1v) is 6.06. The molecule has 1 atom stereocenters. The molecule has 0 amide bonds. The summed E-state index contributed by atoms with van der Waals surface area (Å²) in [6.45, 7) is 9.07. The molecule has 1 heterocycles. The highest BCUT2D eigenvalue weighted by molar-refractivity contribution is 7.12. The molecule has 0 aliphatic heterocycles. The van der Waals surface area contributed by atoms with Crippen molar-refractivity contribution in [3.8, 4) is 0 Å². The summed E-state index contributed by atoms with van der Waals surface area (Å²) in [5.41, 5.74) is 0.325. The van der Waals surface area contributed by atoms with E-state index in [1.54, 1.807) is 0 Å². The lowest BCUT2D eigenvalue weighted by Crippen LogP contribution is -2.30. The van der Waals surface area contributed by atoms with E-state index in [9.17, 15) is 0 Å². The fraction of sp³-hybridized carbons (Fsp3) is 0.667. The van der Waals surface area contributed by atoms with Crippen LogP contribution in [0.2, 0.25) is 0 Å². The Morgan fingerprint density at radius 3 is 2.43 bits per heavy atom. The SMILES string of the molecule is CCC(C)(C)C(NC)c1ccc(C)s1. The summed E-state index contributed by atoms with van der Waals surface area (Å²) in [6.07, 6.45) is 1.19. The largest absolute Gasteiger partial charge is 0.312 e. The third-order valence-corrected chi connectivity index (χ3v) is 4.09. The highest BCUT2D eigenvalue weighted by atomic mass is 32.1. The molecule has 0 aliphatic rings. The van der Waals surface area contributed by atoms with Crippen LogP contribution in [0.5, 0.6) is 0 Å². The maximum Gasteiger partial charge on any atom is 0.0464 e. The molecule has 1 aromatic rings. The van der Waals surface area contributed by atoms with Gasteiger partial charge in [-0.05, 0) is 37.9 Å². The molecule has 0 radical (unpaired) electrons. The van der Waals surface area contributed by atoms with E-state index < -0.39 is 0 Å². The summed E-state index contributed by atoms with van der Waals surface area (Å²) in [5, 5.41) is 3.43. The van der Waals surface area contributed by atoms with Gasteiger partial charge in [0.25, 0.3) is 0 Å². The maximum absolute atomic E-state index is 3.43. The van der Waals surface area contributed by atoms with Crippen molar-refractivity contribution in [2.45, 2.75) is 40.2 Å². The second kappa shape index (κ2) is 4.45. The van der Waals surface area contributed by atoms with Crippen LogP contribution in [0.3, 0.4) is 0 Å². The summed E-state index contributed by atoms with van der Waals surface area (Å²) in [5.74, 6) is 0. The lowest BCUT2D eigenvalue weighted by atomic mass is 9.81. The molecule has 0 spiro atoms. The fourth-order valence-electron chi connectivity index (χ4n) is 1.73.